The van der Waals surface area contributed by atoms with Crippen LogP contribution in [0.3, 0.4) is 0 Å². The molecule has 0 spiro atoms. The molecule has 0 fully saturated rings. The molecule has 2 aromatic rings. The summed E-state index contributed by atoms with van der Waals surface area (Å²) in [4.78, 5) is 0.500. The Bertz CT molecular complexity index is 539. The van der Waals surface area contributed by atoms with Crippen molar-refractivity contribution in [3.05, 3.63) is 64.9 Å². The van der Waals surface area contributed by atoms with E-state index in [1.165, 1.54) is 12.1 Å². The fourth-order valence-corrected chi connectivity index (χ4v) is 2.69. The molecule has 0 heterocycles. The maximum Gasteiger partial charge on any atom is 0.124 e. The van der Waals surface area contributed by atoms with Crippen molar-refractivity contribution in [1.82, 2.24) is 0 Å². The first-order valence-electron chi connectivity index (χ1n) is 5.03. The van der Waals surface area contributed by atoms with Crippen LogP contribution in [0.2, 0.25) is 5.02 Å². The van der Waals surface area contributed by atoms with E-state index in [1.807, 2.05) is 12.1 Å². The van der Waals surface area contributed by atoms with Gasteiger partial charge in [-0.3, -0.25) is 4.21 Å². The van der Waals surface area contributed by atoms with E-state index in [0.717, 1.165) is 5.56 Å². The van der Waals surface area contributed by atoms with Gasteiger partial charge in [-0.15, -0.1) is 0 Å². The zero-order valence-corrected chi connectivity index (χ0v) is 10.5. The Balaban J connectivity index is 2.14. The summed E-state index contributed by atoms with van der Waals surface area (Å²) >= 11 is 5.76. The predicted molar refractivity (Wildman–Crippen MR) is 68.0 cm³/mol. The fraction of sp³-hybridized carbons (Fsp3) is 0.0769. The topological polar surface area (TPSA) is 17.1 Å². The van der Waals surface area contributed by atoms with E-state index in [-0.39, 0.29) is 5.82 Å². The second-order valence-corrected chi connectivity index (χ2v) is 5.46. The van der Waals surface area contributed by atoms with E-state index in [4.69, 9.17) is 11.6 Å². The molecular formula is C13H10ClFOS. The van der Waals surface area contributed by atoms with E-state index in [0.29, 0.717) is 15.7 Å². The highest BCUT2D eigenvalue weighted by atomic mass is 35.5. The fourth-order valence-electron chi connectivity index (χ4n) is 1.42. The monoisotopic (exact) mass is 268 g/mol. The number of rotatable bonds is 3. The molecule has 4 heteroatoms. The van der Waals surface area contributed by atoms with Gasteiger partial charge in [-0.05, 0) is 35.9 Å². The third-order valence-corrected chi connectivity index (χ3v) is 3.90. The van der Waals surface area contributed by atoms with Crippen LogP contribution < -0.4 is 0 Å². The number of benzene rings is 2. The molecule has 0 N–H and O–H groups in total. The SMILES string of the molecule is O=S(Cc1ccc(Cl)cc1)c1cccc(F)c1. The Morgan fingerprint density at radius 1 is 1.12 bits per heavy atom. The maximum atomic E-state index is 13.0. The van der Waals surface area contributed by atoms with Crippen molar-refractivity contribution in [3.8, 4) is 0 Å². The summed E-state index contributed by atoms with van der Waals surface area (Å²) in [6.45, 7) is 0. The molecule has 0 aromatic heterocycles. The molecule has 0 amide bonds. The minimum atomic E-state index is -1.23. The summed E-state index contributed by atoms with van der Waals surface area (Å²) in [5.41, 5.74) is 0.914. The van der Waals surface area contributed by atoms with Crippen molar-refractivity contribution in [1.29, 1.82) is 0 Å². The average molecular weight is 269 g/mol. The number of halogens is 2. The first-order chi connectivity index (χ1) is 8.15. The van der Waals surface area contributed by atoms with Crippen molar-refractivity contribution in [2.24, 2.45) is 0 Å². The zero-order valence-electron chi connectivity index (χ0n) is 8.90. The van der Waals surface area contributed by atoms with Crippen LogP contribution in [0.4, 0.5) is 4.39 Å². The molecule has 0 aliphatic heterocycles. The summed E-state index contributed by atoms with van der Waals surface area (Å²) < 4.78 is 24.9. The predicted octanol–water partition coefficient (Wildman–Crippen LogP) is 3.79. The third kappa shape index (κ3) is 3.38. The van der Waals surface area contributed by atoms with Gasteiger partial charge in [-0.2, -0.15) is 0 Å². The molecule has 0 radical (unpaired) electrons. The molecule has 0 bridgehead atoms. The van der Waals surface area contributed by atoms with Crippen LogP contribution in [0.25, 0.3) is 0 Å². The molecule has 0 saturated heterocycles. The van der Waals surface area contributed by atoms with Gasteiger partial charge in [0.2, 0.25) is 0 Å². The van der Waals surface area contributed by atoms with Crippen LogP contribution in [0.15, 0.2) is 53.4 Å². The third-order valence-electron chi connectivity index (χ3n) is 2.27. The Kier molecular flexibility index (Phi) is 3.92. The van der Waals surface area contributed by atoms with Gasteiger partial charge in [0.25, 0.3) is 0 Å². The van der Waals surface area contributed by atoms with Crippen LogP contribution >= 0.6 is 11.6 Å². The highest BCUT2D eigenvalue weighted by Gasteiger charge is 2.06. The van der Waals surface area contributed by atoms with Crippen molar-refractivity contribution in [3.63, 3.8) is 0 Å². The Morgan fingerprint density at radius 3 is 2.47 bits per heavy atom. The lowest BCUT2D eigenvalue weighted by atomic mass is 10.2. The molecule has 2 aromatic carbocycles. The van der Waals surface area contributed by atoms with Gasteiger partial charge in [0.15, 0.2) is 0 Å². The van der Waals surface area contributed by atoms with Gasteiger partial charge in [0.1, 0.15) is 5.82 Å². The molecule has 17 heavy (non-hydrogen) atoms. The van der Waals surface area contributed by atoms with E-state index < -0.39 is 10.8 Å². The van der Waals surface area contributed by atoms with E-state index in [2.05, 4.69) is 0 Å². The molecular weight excluding hydrogens is 259 g/mol. The minimum absolute atomic E-state index is 0.362. The standard InChI is InChI=1S/C13H10ClFOS/c14-11-6-4-10(5-7-11)9-17(16)13-3-1-2-12(15)8-13/h1-8H,9H2. The van der Waals surface area contributed by atoms with Crippen molar-refractivity contribution < 1.29 is 8.60 Å². The van der Waals surface area contributed by atoms with Crippen LogP contribution in [0.1, 0.15) is 5.56 Å². The highest BCUT2D eigenvalue weighted by Crippen LogP contribution is 2.15. The van der Waals surface area contributed by atoms with E-state index >= 15 is 0 Å². The van der Waals surface area contributed by atoms with Crippen molar-refractivity contribution in [2.75, 3.05) is 0 Å². The molecule has 0 saturated carbocycles. The lowest BCUT2D eigenvalue weighted by molar-refractivity contribution is 0.622. The number of hydrogen-bond donors (Lipinski definition) is 0. The van der Waals surface area contributed by atoms with Crippen molar-refractivity contribution >= 4 is 22.4 Å². The molecule has 88 valence electrons. The molecule has 1 nitrogen and oxygen atoms in total. The molecule has 1 atom stereocenters. The lowest BCUT2D eigenvalue weighted by Gasteiger charge is -2.03. The number of hydrogen-bond acceptors (Lipinski definition) is 1. The van der Waals surface area contributed by atoms with E-state index in [9.17, 15) is 8.60 Å². The van der Waals surface area contributed by atoms with Gasteiger partial charge < -0.3 is 0 Å². The largest absolute Gasteiger partial charge is 0.254 e. The quantitative estimate of drug-likeness (QED) is 0.828. The molecule has 0 aliphatic rings. The van der Waals surface area contributed by atoms with Gasteiger partial charge >= 0.3 is 0 Å². The summed E-state index contributed by atoms with van der Waals surface area (Å²) in [5.74, 6) is -0.00683. The van der Waals surface area contributed by atoms with Crippen LogP contribution in [-0.4, -0.2) is 4.21 Å². The molecule has 1 unspecified atom stereocenters. The summed E-state index contributed by atoms with van der Waals surface area (Å²) in [6, 6.07) is 13.0. The first kappa shape index (κ1) is 12.3. The second-order valence-electron chi connectivity index (χ2n) is 3.57. The smallest absolute Gasteiger partial charge is 0.124 e. The van der Waals surface area contributed by atoms with Gasteiger partial charge in [-0.25, -0.2) is 4.39 Å². The zero-order chi connectivity index (χ0) is 12.3. The Labute approximate surface area is 107 Å². The average Bonchev–Trinajstić information content (AvgIpc) is 2.32. The van der Waals surface area contributed by atoms with Gasteiger partial charge in [0, 0.05) is 9.92 Å². The summed E-state index contributed by atoms with van der Waals surface area (Å²) in [5, 5.41) is 0.644. The van der Waals surface area contributed by atoms with Gasteiger partial charge in [-0.1, -0.05) is 29.8 Å². The maximum absolute atomic E-state index is 13.0. The Hall–Kier alpha value is -1.19. The molecule has 2 rings (SSSR count). The van der Waals surface area contributed by atoms with Crippen LogP contribution in [-0.2, 0) is 16.6 Å². The second kappa shape index (κ2) is 5.43. The normalized spacial score (nSPS) is 12.4. The highest BCUT2D eigenvalue weighted by molar-refractivity contribution is 7.84. The van der Waals surface area contributed by atoms with Gasteiger partial charge in [0.05, 0.1) is 16.6 Å². The van der Waals surface area contributed by atoms with E-state index in [1.54, 1.807) is 24.3 Å². The van der Waals surface area contributed by atoms with Crippen LogP contribution in [0.5, 0.6) is 0 Å². The molecule has 0 aliphatic carbocycles. The summed E-state index contributed by atoms with van der Waals surface area (Å²) in [6.07, 6.45) is 0. The first-order valence-corrected chi connectivity index (χ1v) is 6.73. The Morgan fingerprint density at radius 2 is 1.82 bits per heavy atom. The summed E-state index contributed by atoms with van der Waals surface area (Å²) in [7, 11) is -1.23. The van der Waals surface area contributed by atoms with Crippen molar-refractivity contribution in [2.45, 2.75) is 10.6 Å². The minimum Gasteiger partial charge on any atom is -0.254 e. The lowest BCUT2D eigenvalue weighted by Crippen LogP contribution is -1.96. The van der Waals surface area contributed by atoms with Crippen LogP contribution in [0, 0.1) is 5.82 Å².